The van der Waals surface area contributed by atoms with Crippen LogP contribution in [0.25, 0.3) is 0 Å². The number of aromatic nitrogens is 4. The first-order valence-corrected chi connectivity index (χ1v) is 5.38. The molecule has 1 heterocycles. The molecule has 0 unspecified atom stereocenters. The zero-order chi connectivity index (χ0) is 9.80. The van der Waals surface area contributed by atoms with Gasteiger partial charge in [0.05, 0.1) is 6.04 Å². The molecule has 0 spiro atoms. The van der Waals surface area contributed by atoms with Crippen molar-refractivity contribution >= 4 is 0 Å². The average Bonchev–Trinajstić information content (AvgIpc) is 2.68. The molecule has 0 amide bonds. The molecule has 5 heteroatoms. The summed E-state index contributed by atoms with van der Waals surface area (Å²) in [6.45, 7) is 0.618. The number of nitrogens with two attached hydrogens (primary N) is 1. The van der Waals surface area contributed by atoms with Crippen LogP contribution in [0.3, 0.4) is 0 Å². The van der Waals surface area contributed by atoms with Crippen molar-refractivity contribution in [2.45, 2.75) is 44.6 Å². The van der Waals surface area contributed by atoms with E-state index in [0.29, 0.717) is 12.6 Å². The molecule has 1 aromatic rings. The molecule has 2 N–H and O–H groups in total. The van der Waals surface area contributed by atoms with Crippen molar-refractivity contribution in [1.82, 2.24) is 20.2 Å². The van der Waals surface area contributed by atoms with Crippen molar-refractivity contribution < 1.29 is 0 Å². The SMILES string of the molecule is NCCc1nnnn1C1CCCCC1. The van der Waals surface area contributed by atoms with Crippen LogP contribution in [-0.4, -0.2) is 26.8 Å². The number of tetrazole rings is 1. The molecule has 0 bridgehead atoms. The van der Waals surface area contributed by atoms with E-state index in [1.807, 2.05) is 4.68 Å². The van der Waals surface area contributed by atoms with Crippen LogP contribution in [0.15, 0.2) is 0 Å². The van der Waals surface area contributed by atoms with Crippen LogP contribution in [0.2, 0.25) is 0 Å². The highest BCUT2D eigenvalue weighted by molar-refractivity contribution is 4.86. The highest BCUT2D eigenvalue weighted by atomic mass is 15.5. The van der Waals surface area contributed by atoms with Crippen LogP contribution in [0.4, 0.5) is 0 Å². The van der Waals surface area contributed by atoms with Crippen LogP contribution >= 0.6 is 0 Å². The largest absolute Gasteiger partial charge is 0.330 e. The van der Waals surface area contributed by atoms with Gasteiger partial charge < -0.3 is 5.73 Å². The molecule has 0 saturated heterocycles. The van der Waals surface area contributed by atoms with Crippen molar-refractivity contribution in [3.63, 3.8) is 0 Å². The highest BCUT2D eigenvalue weighted by Gasteiger charge is 2.19. The van der Waals surface area contributed by atoms with Crippen LogP contribution in [0.5, 0.6) is 0 Å². The van der Waals surface area contributed by atoms with E-state index >= 15 is 0 Å². The number of hydrogen-bond acceptors (Lipinski definition) is 4. The van der Waals surface area contributed by atoms with E-state index in [9.17, 15) is 0 Å². The topological polar surface area (TPSA) is 69.6 Å². The second-order valence-corrected chi connectivity index (χ2v) is 3.87. The van der Waals surface area contributed by atoms with Gasteiger partial charge in [-0.15, -0.1) is 5.10 Å². The van der Waals surface area contributed by atoms with Gasteiger partial charge in [-0.1, -0.05) is 19.3 Å². The Hall–Kier alpha value is -0.970. The highest BCUT2D eigenvalue weighted by Crippen LogP contribution is 2.27. The van der Waals surface area contributed by atoms with Gasteiger partial charge in [-0.3, -0.25) is 0 Å². The second kappa shape index (κ2) is 4.50. The fourth-order valence-corrected chi connectivity index (χ4v) is 2.12. The first-order valence-electron chi connectivity index (χ1n) is 5.38. The Balaban J connectivity index is 2.09. The molecular weight excluding hydrogens is 178 g/mol. The monoisotopic (exact) mass is 195 g/mol. The van der Waals surface area contributed by atoms with Crippen LogP contribution in [0, 0.1) is 0 Å². The summed E-state index contributed by atoms with van der Waals surface area (Å²) in [5, 5.41) is 11.8. The zero-order valence-corrected chi connectivity index (χ0v) is 8.39. The Morgan fingerprint density at radius 1 is 1.29 bits per heavy atom. The molecule has 1 fully saturated rings. The maximum atomic E-state index is 5.51. The predicted octanol–water partition coefficient (Wildman–Crippen LogP) is 0.679. The van der Waals surface area contributed by atoms with Crippen molar-refractivity contribution in [3.8, 4) is 0 Å². The minimum Gasteiger partial charge on any atom is -0.330 e. The van der Waals surface area contributed by atoms with Crippen molar-refractivity contribution in [2.24, 2.45) is 5.73 Å². The fourth-order valence-electron chi connectivity index (χ4n) is 2.12. The van der Waals surface area contributed by atoms with Gasteiger partial charge in [0.15, 0.2) is 5.82 Å². The summed E-state index contributed by atoms with van der Waals surface area (Å²) in [5.41, 5.74) is 5.51. The quantitative estimate of drug-likeness (QED) is 0.770. The predicted molar refractivity (Wildman–Crippen MR) is 52.7 cm³/mol. The third kappa shape index (κ3) is 1.92. The molecule has 1 aromatic heterocycles. The van der Waals surface area contributed by atoms with Gasteiger partial charge >= 0.3 is 0 Å². The molecule has 0 atom stereocenters. The van der Waals surface area contributed by atoms with E-state index in [4.69, 9.17) is 5.73 Å². The molecule has 1 saturated carbocycles. The third-order valence-electron chi connectivity index (χ3n) is 2.85. The summed E-state index contributed by atoms with van der Waals surface area (Å²) in [4.78, 5) is 0. The lowest BCUT2D eigenvalue weighted by Crippen LogP contribution is -2.18. The zero-order valence-electron chi connectivity index (χ0n) is 8.39. The van der Waals surface area contributed by atoms with E-state index in [0.717, 1.165) is 12.2 Å². The molecule has 1 aliphatic rings. The molecular formula is C9H17N5. The number of nitrogens with zero attached hydrogens (tertiary/aromatic N) is 4. The Labute approximate surface area is 83.7 Å². The van der Waals surface area contributed by atoms with E-state index in [-0.39, 0.29) is 0 Å². The van der Waals surface area contributed by atoms with E-state index in [2.05, 4.69) is 15.5 Å². The smallest absolute Gasteiger partial charge is 0.152 e. The van der Waals surface area contributed by atoms with Gasteiger partial charge in [0, 0.05) is 6.42 Å². The van der Waals surface area contributed by atoms with Gasteiger partial charge in [0.2, 0.25) is 0 Å². The Kier molecular flexibility index (Phi) is 3.08. The lowest BCUT2D eigenvalue weighted by molar-refractivity contribution is 0.317. The first-order chi connectivity index (χ1) is 6.92. The van der Waals surface area contributed by atoms with Gasteiger partial charge in [-0.25, -0.2) is 4.68 Å². The van der Waals surface area contributed by atoms with Crippen molar-refractivity contribution in [2.75, 3.05) is 6.54 Å². The molecule has 1 aliphatic carbocycles. The van der Waals surface area contributed by atoms with E-state index in [1.165, 1.54) is 32.1 Å². The third-order valence-corrected chi connectivity index (χ3v) is 2.85. The Morgan fingerprint density at radius 3 is 2.79 bits per heavy atom. The van der Waals surface area contributed by atoms with E-state index < -0.39 is 0 Å². The first kappa shape index (κ1) is 9.58. The summed E-state index contributed by atoms with van der Waals surface area (Å²) in [6.07, 6.45) is 7.15. The number of hydrogen-bond donors (Lipinski definition) is 1. The second-order valence-electron chi connectivity index (χ2n) is 3.87. The van der Waals surface area contributed by atoms with Gasteiger partial charge in [-0.05, 0) is 29.8 Å². The lowest BCUT2D eigenvalue weighted by atomic mass is 9.95. The normalized spacial score (nSPS) is 18.6. The van der Waals surface area contributed by atoms with Gasteiger partial charge in [-0.2, -0.15) is 0 Å². The van der Waals surface area contributed by atoms with Crippen molar-refractivity contribution in [1.29, 1.82) is 0 Å². The Bertz CT molecular complexity index is 276. The summed E-state index contributed by atoms with van der Waals surface area (Å²) in [5.74, 6) is 0.944. The summed E-state index contributed by atoms with van der Waals surface area (Å²) < 4.78 is 1.98. The molecule has 0 radical (unpaired) electrons. The minimum absolute atomic E-state index is 0.514. The van der Waals surface area contributed by atoms with Crippen molar-refractivity contribution in [3.05, 3.63) is 5.82 Å². The molecule has 78 valence electrons. The standard InChI is InChI=1S/C9H17N5/c10-7-6-9-11-12-13-14(9)8-4-2-1-3-5-8/h8H,1-7,10H2. The summed E-state index contributed by atoms with van der Waals surface area (Å²) >= 11 is 0. The summed E-state index contributed by atoms with van der Waals surface area (Å²) in [7, 11) is 0. The number of rotatable bonds is 3. The average molecular weight is 195 g/mol. The molecule has 0 aromatic carbocycles. The van der Waals surface area contributed by atoms with Crippen LogP contribution in [-0.2, 0) is 6.42 Å². The molecule has 14 heavy (non-hydrogen) atoms. The Morgan fingerprint density at radius 2 is 2.07 bits per heavy atom. The minimum atomic E-state index is 0.514. The fraction of sp³-hybridized carbons (Fsp3) is 0.889. The van der Waals surface area contributed by atoms with Crippen LogP contribution in [0.1, 0.15) is 44.0 Å². The maximum absolute atomic E-state index is 5.51. The van der Waals surface area contributed by atoms with Gasteiger partial charge in [0.25, 0.3) is 0 Å². The lowest BCUT2D eigenvalue weighted by Gasteiger charge is -2.22. The van der Waals surface area contributed by atoms with Crippen LogP contribution < -0.4 is 5.73 Å². The molecule has 0 aliphatic heterocycles. The van der Waals surface area contributed by atoms with E-state index in [1.54, 1.807) is 0 Å². The maximum Gasteiger partial charge on any atom is 0.152 e. The molecule has 2 rings (SSSR count). The van der Waals surface area contributed by atoms with Gasteiger partial charge in [0.1, 0.15) is 0 Å². The summed E-state index contributed by atoms with van der Waals surface area (Å²) in [6, 6.07) is 0.514. The molecule has 5 nitrogen and oxygen atoms in total.